The van der Waals surface area contributed by atoms with Gasteiger partial charge in [-0.25, -0.2) is 4.57 Å². The Morgan fingerprint density at radius 2 is 1.00 bits per heavy atom. The Kier molecular flexibility index (Phi) is 8.29. The largest absolute Gasteiger partial charge is 0.466 e. The third-order valence-electron chi connectivity index (χ3n) is 1.06. The summed E-state index contributed by atoms with van der Waals surface area (Å²) in [4.78, 5) is 21.6. The minimum absolute atomic E-state index is 0.634. The van der Waals surface area contributed by atoms with Crippen LogP contribution in [0.2, 0.25) is -0.234 Å². The standard InChI is InChI=1S/2C4H9.Ba.H3O4P/c2*1-4(2)3;;1-5(2,3)4/h2*1-3H3;;(H3,1,2,3,4). The molecular weight excluding hydrogens is 328 g/mol. The first-order valence-electron chi connectivity index (χ1n) is 4.49. The third-order valence-corrected chi connectivity index (χ3v) is 7.72. The molecule has 0 aromatic rings. The average Bonchev–Trinajstić information content (AvgIpc) is 1.42. The van der Waals surface area contributed by atoms with Crippen LogP contribution in [-0.4, -0.2) is 58.9 Å². The van der Waals surface area contributed by atoms with Crippen LogP contribution in [0.15, 0.2) is 0 Å². The van der Waals surface area contributed by atoms with Crippen LogP contribution in [0, 0.1) is 0 Å². The monoisotopic (exact) mass is 350 g/mol. The van der Waals surface area contributed by atoms with E-state index in [1.165, 1.54) is 0 Å². The van der Waals surface area contributed by atoms with Crippen LogP contribution in [0.5, 0.6) is 0 Å². The van der Waals surface area contributed by atoms with E-state index in [1.807, 2.05) is 0 Å². The zero-order valence-electron chi connectivity index (χ0n) is 9.90. The van der Waals surface area contributed by atoms with E-state index in [0.29, 0.717) is -0.234 Å². The summed E-state index contributed by atoms with van der Waals surface area (Å²) in [5.41, 5.74) is 0. The Balaban J connectivity index is 0. The summed E-state index contributed by atoms with van der Waals surface area (Å²) >= 11 is -0.634. The van der Waals surface area contributed by atoms with Gasteiger partial charge in [-0.3, -0.25) is 0 Å². The molecule has 0 saturated heterocycles. The fourth-order valence-electron chi connectivity index (χ4n) is 1.59. The molecule has 0 radical (unpaired) electrons. The molecule has 0 saturated carbocycles. The van der Waals surface area contributed by atoms with E-state index in [4.69, 9.17) is 19.2 Å². The van der Waals surface area contributed by atoms with Gasteiger partial charge in [-0.1, -0.05) is 0 Å². The molecule has 0 aliphatic heterocycles. The summed E-state index contributed by atoms with van der Waals surface area (Å²) in [6.45, 7) is 14.3. The van der Waals surface area contributed by atoms with Crippen molar-refractivity contribution < 1.29 is 19.2 Å². The van der Waals surface area contributed by atoms with Gasteiger partial charge in [0.1, 0.15) is 0 Å². The van der Waals surface area contributed by atoms with Crippen molar-refractivity contribution in [1.29, 1.82) is 0 Å². The van der Waals surface area contributed by atoms with Gasteiger partial charge in [0.05, 0.1) is 0 Å². The topological polar surface area (TPSA) is 77.8 Å². The summed E-state index contributed by atoms with van der Waals surface area (Å²) < 4.78 is 10.3. The molecule has 0 aromatic carbocycles. The normalized spacial score (nSPS) is 12.6. The summed E-state index contributed by atoms with van der Waals surface area (Å²) in [6, 6.07) is 0. The first-order chi connectivity index (χ1) is 5.71. The van der Waals surface area contributed by atoms with Crippen molar-refractivity contribution in [2.75, 3.05) is 0 Å². The van der Waals surface area contributed by atoms with Crippen LogP contribution in [0.1, 0.15) is 41.5 Å². The molecule has 0 amide bonds. The van der Waals surface area contributed by atoms with Gasteiger partial charge in [0.25, 0.3) is 0 Å². The molecule has 0 unspecified atom stereocenters. The van der Waals surface area contributed by atoms with Gasteiger partial charge >= 0.3 is 93.3 Å². The minimum atomic E-state index is -4.64. The van der Waals surface area contributed by atoms with E-state index in [-0.39, 0.29) is 0 Å². The predicted octanol–water partition coefficient (Wildman–Crippen LogP) is 2.20. The Bertz CT molecular complexity index is 178. The maximum atomic E-state index is 8.88. The summed E-state index contributed by atoms with van der Waals surface area (Å²) in [7, 11) is -4.64. The van der Waals surface area contributed by atoms with Crippen molar-refractivity contribution in [3.63, 3.8) is 0 Å². The Hall–Kier alpha value is 1.68. The minimum Gasteiger partial charge on any atom is -0.303 e. The van der Waals surface area contributed by atoms with Gasteiger partial charge in [0.2, 0.25) is 0 Å². The maximum Gasteiger partial charge on any atom is 0.466 e. The molecule has 14 heavy (non-hydrogen) atoms. The van der Waals surface area contributed by atoms with E-state index in [2.05, 4.69) is 41.5 Å². The van der Waals surface area contributed by atoms with E-state index >= 15 is 0 Å². The molecule has 0 aliphatic rings. The quantitative estimate of drug-likeness (QED) is 0.463. The molecule has 0 aromatic heterocycles. The number of hydrogen-bond donors (Lipinski definition) is 3. The molecule has 0 rings (SSSR count). The molecule has 84 valence electrons. The second-order valence-corrected chi connectivity index (χ2v) is 21.3. The van der Waals surface area contributed by atoms with Gasteiger partial charge in [0, 0.05) is 0 Å². The molecule has 4 nitrogen and oxygen atoms in total. The zero-order valence-corrected chi connectivity index (χ0v) is 15.2. The summed E-state index contributed by atoms with van der Waals surface area (Å²) in [5, 5.41) is 0. The fraction of sp³-hybridized carbons (Fsp3) is 1.00. The maximum absolute atomic E-state index is 8.88. The van der Waals surface area contributed by atoms with Crippen molar-refractivity contribution in [3.05, 3.63) is 0 Å². The van der Waals surface area contributed by atoms with Gasteiger partial charge in [-0.15, -0.1) is 0 Å². The molecule has 0 spiro atoms. The summed E-state index contributed by atoms with van der Waals surface area (Å²) in [6.07, 6.45) is 0. The van der Waals surface area contributed by atoms with Crippen LogP contribution in [0.3, 0.4) is 0 Å². The van der Waals surface area contributed by atoms with E-state index in [1.54, 1.807) is 0 Å². The van der Waals surface area contributed by atoms with Crippen LogP contribution < -0.4 is 0 Å². The third kappa shape index (κ3) is 37.3. The molecule has 3 N–H and O–H groups in total. The fourth-order valence-corrected chi connectivity index (χ4v) is 11.6. The first-order valence-corrected chi connectivity index (χ1v) is 10.5. The predicted molar refractivity (Wildman–Crippen MR) is 59.4 cm³/mol. The molecule has 0 aliphatic carbocycles. The van der Waals surface area contributed by atoms with Crippen molar-refractivity contribution in [1.82, 2.24) is 0 Å². The van der Waals surface area contributed by atoms with E-state index in [0.717, 1.165) is 0 Å². The van der Waals surface area contributed by atoms with Crippen molar-refractivity contribution >= 4 is 52.0 Å². The van der Waals surface area contributed by atoms with Crippen LogP contribution in [0.25, 0.3) is 0 Å². The summed E-state index contributed by atoms with van der Waals surface area (Å²) in [5.74, 6) is 0. The van der Waals surface area contributed by atoms with Crippen molar-refractivity contribution in [2.24, 2.45) is 0 Å². The van der Waals surface area contributed by atoms with Gasteiger partial charge in [0.15, 0.2) is 0 Å². The van der Waals surface area contributed by atoms with Crippen LogP contribution >= 0.6 is 7.82 Å². The van der Waals surface area contributed by atoms with Crippen molar-refractivity contribution in [3.8, 4) is 0 Å². The Morgan fingerprint density at radius 1 is 0.857 bits per heavy atom. The average molecular weight is 350 g/mol. The van der Waals surface area contributed by atoms with Gasteiger partial charge in [-0.05, 0) is 0 Å². The number of rotatable bonds is 0. The number of hydrogen-bond acceptors (Lipinski definition) is 1. The zero-order chi connectivity index (χ0) is 12.2. The first kappa shape index (κ1) is 18.1. The Labute approximate surface area is 111 Å². The Morgan fingerprint density at radius 3 is 1.00 bits per heavy atom. The van der Waals surface area contributed by atoms with Crippen molar-refractivity contribution in [2.45, 2.75) is 41.3 Å². The molecule has 0 fully saturated rings. The van der Waals surface area contributed by atoms with E-state index < -0.39 is 52.0 Å². The van der Waals surface area contributed by atoms with Crippen LogP contribution in [-0.2, 0) is 4.57 Å². The second-order valence-electron chi connectivity index (χ2n) is 5.81. The SMILES string of the molecule is C[C](C)(C)[Ba][C](C)(C)C.O=P(O)(O)O. The van der Waals surface area contributed by atoms with Crippen LogP contribution in [0.4, 0.5) is 0 Å². The molecule has 0 bridgehead atoms. The smallest absolute Gasteiger partial charge is 0.303 e. The molecule has 0 atom stereocenters. The van der Waals surface area contributed by atoms with Gasteiger partial charge in [-0.2, -0.15) is 0 Å². The molecule has 0 heterocycles. The van der Waals surface area contributed by atoms with E-state index in [9.17, 15) is 0 Å². The molecule has 6 heteroatoms. The van der Waals surface area contributed by atoms with Gasteiger partial charge < -0.3 is 14.7 Å². The second kappa shape index (κ2) is 6.42. The molecular formula is C8H21BaO4P. The number of phosphoric acid groups is 1.